The third-order valence-electron chi connectivity index (χ3n) is 4.12. The maximum absolute atomic E-state index is 13.1. The third-order valence-corrected chi connectivity index (χ3v) is 4.12. The zero-order chi connectivity index (χ0) is 14.7. The maximum Gasteiger partial charge on any atom is 0.241 e. The van der Waals surface area contributed by atoms with Crippen LogP contribution in [0.2, 0.25) is 0 Å². The van der Waals surface area contributed by atoms with Gasteiger partial charge in [0.2, 0.25) is 5.91 Å². The molecule has 1 N–H and O–H groups in total. The zero-order valence-corrected chi connectivity index (χ0v) is 12.4. The number of hydrogen-bond donors (Lipinski definition) is 1. The summed E-state index contributed by atoms with van der Waals surface area (Å²) in [4.78, 5) is 14.5. The molecule has 2 unspecified atom stereocenters. The molecule has 0 aliphatic carbocycles. The average Bonchev–Trinajstić information content (AvgIpc) is 2.79. The van der Waals surface area contributed by atoms with Crippen molar-refractivity contribution in [3.05, 3.63) is 35.6 Å². The highest BCUT2D eigenvalue weighted by Gasteiger charge is 2.41. The molecule has 110 valence electrons. The van der Waals surface area contributed by atoms with Crippen LogP contribution in [0.3, 0.4) is 0 Å². The lowest BCUT2D eigenvalue weighted by molar-refractivity contribution is -0.132. The number of carbonyl (C=O) groups is 1. The molecule has 20 heavy (non-hydrogen) atoms. The number of amides is 1. The molecular weight excluding hydrogens is 255 g/mol. The number of carbonyl (C=O) groups excluding carboxylic acids is 1. The van der Waals surface area contributed by atoms with Crippen LogP contribution in [-0.4, -0.2) is 22.9 Å². The Kier molecular flexibility index (Phi) is 4.76. The Morgan fingerprint density at radius 1 is 1.20 bits per heavy atom. The van der Waals surface area contributed by atoms with Crippen molar-refractivity contribution in [3.63, 3.8) is 0 Å². The Balaban J connectivity index is 2.33. The summed E-state index contributed by atoms with van der Waals surface area (Å²) in [5, 5.41) is 3.38. The minimum absolute atomic E-state index is 0.134. The number of nitrogens with one attached hydrogen (secondary N) is 1. The Bertz CT molecular complexity index is 456. The smallest absolute Gasteiger partial charge is 0.241 e. The van der Waals surface area contributed by atoms with E-state index in [4.69, 9.17) is 0 Å². The minimum Gasteiger partial charge on any atom is -0.319 e. The van der Waals surface area contributed by atoms with Crippen molar-refractivity contribution in [2.24, 2.45) is 0 Å². The molecule has 2 rings (SSSR count). The van der Waals surface area contributed by atoms with E-state index in [0.717, 1.165) is 24.8 Å². The summed E-state index contributed by atoms with van der Waals surface area (Å²) < 4.78 is 13.1. The summed E-state index contributed by atoms with van der Waals surface area (Å²) in [6.45, 7) is 6.21. The molecular formula is C16H23FN2O. The lowest BCUT2D eigenvalue weighted by Crippen LogP contribution is -2.39. The molecule has 0 aromatic heterocycles. The molecule has 1 fully saturated rings. The van der Waals surface area contributed by atoms with Gasteiger partial charge in [0.05, 0.1) is 6.04 Å². The Hall–Kier alpha value is -1.42. The van der Waals surface area contributed by atoms with Crippen LogP contribution in [0.5, 0.6) is 0 Å². The molecule has 0 saturated carbocycles. The maximum atomic E-state index is 13.1. The SMILES string of the molecule is CCC1NC(c2ccc(F)cc2)N(C(CC)CC)C1=O. The van der Waals surface area contributed by atoms with Crippen LogP contribution < -0.4 is 5.32 Å². The van der Waals surface area contributed by atoms with E-state index in [2.05, 4.69) is 19.2 Å². The fraction of sp³-hybridized carbons (Fsp3) is 0.562. The summed E-state index contributed by atoms with van der Waals surface area (Å²) in [5.74, 6) is -0.0882. The summed E-state index contributed by atoms with van der Waals surface area (Å²) in [6.07, 6.45) is 2.49. The largest absolute Gasteiger partial charge is 0.319 e. The Morgan fingerprint density at radius 2 is 1.80 bits per heavy atom. The average molecular weight is 278 g/mol. The van der Waals surface area contributed by atoms with Crippen molar-refractivity contribution in [2.45, 2.75) is 58.3 Å². The number of nitrogens with zero attached hydrogens (tertiary/aromatic N) is 1. The van der Waals surface area contributed by atoms with Gasteiger partial charge in [0.1, 0.15) is 12.0 Å². The predicted octanol–water partition coefficient (Wildman–Crippen LogP) is 3.22. The highest BCUT2D eigenvalue weighted by molar-refractivity contribution is 5.84. The van der Waals surface area contributed by atoms with Gasteiger partial charge in [0.25, 0.3) is 0 Å². The van der Waals surface area contributed by atoms with Crippen molar-refractivity contribution < 1.29 is 9.18 Å². The lowest BCUT2D eigenvalue weighted by atomic mass is 10.1. The fourth-order valence-electron chi connectivity index (χ4n) is 2.92. The van der Waals surface area contributed by atoms with Crippen molar-refractivity contribution in [2.75, 3.05) is 0 Å². The second kappa shape index (κ2) is 6.35. The highest BCUT2D eigenvalue weighted by Crippen LogP contribution is 2.30. The summed E-state index contributed by atoms with van der Waals surface area (Å²) >= 11 is 0. The topological polar surface area (TPSA) is 32.3 Å². The van der Waals surface area contributed by atoms with Crippen LogP contribution in [0, 0.1) is 5.82 Å². The molecule has 0 radical (unpaired) electrons. The van der Waals surface area contributed by atoms with Gasteiger partial charge in [0.15, 0.2) is 0 Å². The Labute approximate surface area is 120 Å². The van der Waals surface area contributed by atoms with E-state index < -0.39 is 0 Å². The van der Waals surface area contributed by atoms with E-state index in [0.29, 0.717) is 0 Å². The number of rotatable bonds is 5. The molecule has 1 aromatic rings. The monoisotopic (exact) mass is 278 g/mol. The van der Waals surface area contributed by atoms with Crippen LogP contribution in [-0.2, 0) is 4.79 Å². The molecule has 1 saturated heterocycles. The van der Waals surface area contributed by atoms with Crippen molar-refractivity contribution in [1.29, 1.82) is 0 Å². The van der Waals surface area contributed by atoms with E-state index in [-0.39, 0.29) is 30.0 Å². The van der Waals surface area contributed by atoms with Crippen LogP contribution in [0.4, 0.5) is 4.39 Å². The summed E-state index contributed by atoms with van der Waals surface area (Å²) in [5.41, 5.74) is 0.947. The second-order valence-electron chi connectivity index (χ2n) is 5.30. The molecule has 1 amide bonds. The summed E-state index contributed by atoms with van der Waals surface area (Å²) in [7, 11) is 0. The molecule has 2 atom stereocenters. The van der Waals surface area contributed by atoms with Gasteiger partial charge in [-0.05, 0) is 37.0 Å². The van der Waals surface area contributed by atoms with Gasteiger partial charge in [-0.3, -0.25) is 10.1 Å². The van der Waals surface area contributed by atoms with Crippen LogP contribution >= 0.6 is 0 Å². The molecule has 1 heterocycles. The van der Waals surface area contributed by atoms with Gasteiger partial charge in [-0.25, -0.2) is 4.39 Å². The Morgan fingerprint density at radius 3 is 2.30 bits per heavy atom. The molecule has 1 aliphatic rings. The first kappa shape index (κ1) is 15.0. The predicted molar refractivity (Wildman–Crippen MR) is 77.6 cm³/mol. The standard InChI is InChI=1S/C16H23FN2O/c1-4-13(5-2)19-15(18-14(6-3)16(19)20)11-7-9-12(17)10-8-11/h7-10,13-15,18H,4-6H2,1-3H3. The second-order valence-corrected chi connectivity index (χ2v) is 5.30. The molecule has 4 heteroatoms. The molecule has 0 spiro atoms. The van der Waals surface area contributed by atoms with Gasteiger partial charge in [-0.1, -0.05) is 32.9 Å². The van der Waals surface area contributed by atoms with Gasteiger partial charge in [0, 0.05) is 6.04 Å². The van der Waals surface area contributed by atoms with Crippen LogP contribution in [0.15, 0.2) is 24.3 Å². The summed E-state index contributed by atoms with van der Waals surface area (Å²) in [6, 6.07) is 6.51. The van der Waals surface area contributed by atoms with E-state index in [1.165, 1.54) is 12.1 Å². The molecule has 1 aromatic carbocycles. The number of hydrogen-bond acceptors (Lipinski definition) is 2. The van der Waals surface area contributed by atoms with Gasteiger partial charge >= 0.3 is 0 Å². The van der Waals surface area contributed by atoms with Crippen molar-refractivity contribution in [3.8, 4) is 0 Å². The first-order chi connectivity index (χ1) is 9.62. The normalized spacial score (nSPS) is 22.9. The molecule has 1 aliphatic heterocycles. The highest BCUT2D eigenvalue weighted by atomic mass is 19.1. The van der Waals surface area contributed by atoms with E-state index in [9.17, 15) is 9.18 Å². The molecule has 0 bridgehead atoms. The van der Waals surface area contributed by atoms with Crippen molar-refractivity contribution >= 4 is 5.91 Å². The van der Waals surface area contributed by atoms with Gasteiger partial charge in [-0.2, -0.15) is 0 Å². The zero-order valence-electron chi connectivity index (χ0n) is 12.4. The first-order valence-corrected chi connectivity index (χ1v) is 7.46. The first-order valence-electron chi connectivity index (χ1n) is 7.46. The van der Waals surface area contributed by atoms with E-state index in [1.807, 2.05) is 11.8 Å². The fourth-order valence-corrected chi connectivity index (χ4v) is 2.92. The minimum atomic E-state index is -0.251. The third kappa shape index (κ3) is 2.70. The van der Waals surface area contributed by atoms with Crippen molar-refractivity contribution in [1.82, 2.24) is 10.2 Å². The van der Waals surface area contributed by atoms with Gasteiger partial charge in [-0.15, -0.1) is 0 Å². The van der Waals surface area contributed by atoms with Crippen LogP contribution in [0.25, 0.3) is 0 Å². The van der Waals surface area contributed by atoms with E-state index >= 15 is 0 Å². The lowest BCUT2D eigenvalue weighted by Gasteiger charge is -2.31. The van der Waals surface area contributed by atoms with Gasteiger partial charge < -0.3 is 4.90 Å². The molecule has 3 nitrogen and oxygen atoms in total. The van der Waals surface area contributed by atoms with E-state index in [1.54, 1.807) is 12.1 Å². The quantitative estimate of drug-likeness (QED) is 0.897. The number of benzene rings is 1. The van der Waals surface area contributed by atoms with Crippen LogP contribution in [0.1, 0.15) is 51.8 Å². The number of halogens is 1.